The SMILES string of the molecule is Cc1ccc(F)c(-c2nnc(S(=O)(=O)Cl)n2C(C)C)c1F. The topological polar surface area (TPSA) is 64.8 Å². The molecule has 0 aliphatic rings. The predicted octanol–water partition coefficient (Wildman–Crippen LogP) is 3.04. The predicted molar refractivity (Wildman–Crippen MR) is 73.5 cm³/mol. The van der Waals surface area contributed by atoms with E-state index >= 15 is 0 Å². The van der Waals surface area contributed by atoms with Gasteiger partial charge in [0, 0.05) is 16.7 Å². The van der Waals surface area contributed by atoms with E-state index in [0.29, 0.717) is 0 Å². The van der Waals surface area contributed by atoms with Gasteiger partial charge < -0.3 is 0 Å². The van der Waals surface area contributed by atoms with Crippen molar-refractivity contribution >= 4 is 19.7 Å². The minimum atomic E-state index is -4.18. The quantitative estimate of drug-likeness (QED) is 0.809. The van der Waals surface area contributed by atoms with Crippen molar-refractivity contribution in [1.29, 1.82) is 0 Å². The fourth-order valence-electron chi connectivity index (χ4n) is 1.94. The highest BCUT2D eigenvalue weighted by molar-refractivity contribution is 8.13. The van der Waals surface area contributed by atoms with E-state index in [4.69, 9.17) is 10.7 Å². The Balaban J connectivity index is 2.84. The summed E-state index contributed by atoms with van der Waals surface area (Å²) in [5.74, 6) is -1.89. The van der Waals surface area contributed by atoms with Gasteiger partial charge in [-0.25, -0.2) is 17.2 Å². The molecule has 5 nitrogen and oxygen atoms in total. The zero-order chi connectivity index (χ0) is 15.9. The molecule has 2 aromatic rings. The Morgan fingerprint density at radius 3 is 2.38 bits per heavy atom. The van der Waals surface area contributed by atoms with Crippen molar-refractivity contribution in [2.45, 2.75) is 32.0 Å². The van der Waals surface area contributed by atoms with Crippen LogP contribution in [0.5, 0.6) is 0 Å². The van der Waals surface area contributed by atoms with E-state index < -0.39 is 37.4 Å². The molecule has 0 atom stereocenters. The molecule has 0 bridgehead atoms. The standard InChI is InChI=1S/C12H12ClF2N3O2S/c1-6(2)18-11(16-17-12(18)21(13,19)20)9-8(14)5-4-7(3)10(9)15/h4-6H,1-3H3. The Morgan fingerprint density at radius 1 is 1.24 bits per heavy atom. The lowest BCUT2D eigenvalue weighted by molar-refractivity contribution is 0.524. The first-order valence-corrected chi connectivity index (χ1v) is 8.30. The number of hydrogen-bond donors (Lipinski definition) is 0. The number of aryl methyl sites for hydroxylation is 1. The van der Waals surface area contributed by atoms with Crippen molar-refractivity contribution in [2.24, 2.45) is 0 Å². The molecule has 114 valence electrons. The zero-order valence-corrected chi connectivity index (χ0v) is 13.0. The summed E-state index contributed by atoms with van der Waals surface area (Å²) in [5.41, 5.74) is -0.220. The van der Waals surface area contributed by atoms with Gasteiger partial charge in [0.25, 0.3) is 14.2 Å². The molecule has 21 heavy (non-hydrogen) atoms. The smallest absolute Gasteiger partial charge is 0.294 e. The summed E-state index contributed by atoms with van der Waals surface area (Å²) >= 11 is 0. The van der Waals surface area contributed by atoms with Crippen LogP contribution in [-0.4, -0.2) is 23.2 Å². The zero-order valence-electron chi connectivity index (χ0n) is 11.4. The second-order valence-electron chi connectivity index (χ2n) is 4.76. The van der Waals surface area contributed by atoms with E-state index in [1.165, 1.54) is 13.0 Å². The maximum absolute atomic E-state index is 14.2. The molecule has 0 unspecified atom stereocenters. The molecule has 0 saturated carbocycles. The summed E-state index contributed by atoms with van der Waals surface area (Å²) in [6.07, 6.45) is 0. The minimum absolute atomic E-state index is 0.208. The Hall–Kier alpha value is -1.54. The molecular formula is C12H12ClF2N3O2S. The average molecular weight is 336 g/mol. The fourth-order valence-corrected chi connectivity index (χ4v) is 2.93. The van der Waals surface area contributed by atoms with Crippen molar-refractivity contribution < 1.29 is 17.2 Å². The van der Waals surface area contributed by atoms with Crippen LogP contribution in [0.2, 0.25) is 0 Å². The van der Waals surface area contributed by atoms with Crippen LogP contribution in [-0.2, 0) is 9.05 Å². The van der Waals surface area contributed by atoms with E-state index in [1.807, 2.05) is 0 Å². The van der Waals surface area contributed by atoms with Gasteiger partial charge in [-0.1, -0.05) is 6.07 Å². The van der Waals surface area contributed by atoms with E-state index in [1.54, 1.807) is 13.8 Å². The Morgan fingerprint density at radius 2 is 1.86 bits per heavy atom. The largest absolute Gasteiger partial charge is 0.296 e. The number of nitrogens with zero attached hydrogens (tertiary/aromatic N) is 3. The summed E-state index contributed by atoms with van der Waals surface area (Å²) in [6, 6.07) is 1.91. The Bertz CT molecular complexity index is 803. The van der Waals surface area contributed by atoms with Crippen LogP contribution in [0.3, 0.4) is 0 Å². The monoisotopic (exact) mass is 335 g/mol. The molecule has 0 aliphatic carbocycles. The van der Waals surface area contributed by atoms with Gasteiger partial charge in [0.2, 0.25) is 0 Å². The highest BCUT2D eigenvalue weighted by atomic mass is 35.7. The third-order valence-corrected chi connectivity index (χ3v) is 4.04. The molecule has 2 rings (SSSR count). The summed E-state index contributed by atoms with van der Waals surface area (Å²) in [6.45, 7) is 4.72. The van der Waals surface area contributed by atoms with Gasteiger partial charge in [0.15, 0.2) is 5.82 Å². The van der Waals surface area contributed by atoms with Crippen LogP contribution in [0.4, 0.5) is 8.78 Å². The van der Waals surface area contributed by atoms with E-state index in [-0.39, 0.29) is 11.4 Å². The first-order valence-electron chi connectivity index (χ1n) is 5.99. The van der Waals surface area contributed by atoms with Gasteiger partial charge in [-0.2, -0.15) is 0 Å². The molecule has 9 heteroatoms. The Kier molecular flexibility index (Phi) is 4.03. The molecule has 0 spiro atoms. The van der Waals surface area contributed by atoms with Crippen LogP contribution < -0.4 is 0 Å². The van der Waals surface area contributed by atoms with Gasteiger partial charge in [-0.3, -0.25) is 4.57 Å². The summed E-state index contributed by atoms with van der Waals surface area (Å²) in [5, 5.41) is 6.52. The molecule has 0 aliphatic heterocycles. The highest BCUT2D eigenvalue weighted by Crippen LogP contribution is 2.31. The molecule has 1 aromatic carbocycles. The molecule has 1 aromatic heterocycles. The van der Waals surface area contributed by atoms with Crippen molar-refractivity contribution in [3.05, 3.63) is 29.3 Å². The third kappa shape index (κ3) is 2.77. The number of aromatic nitrogens is 3. The minimum Gasteiger partial charge on any atom is -0.294 e. The third-order valence-electron chi connectivity index (χ3n) is 2.91. The van der Waals surface area contributed by atoms with Crippen molar-refractivity contribution in [2.75, 3.05) is 0 Å². The van der Waals surface area contributed by atoms with Crippen LogP contribution in [0, 0.1) is 18.6 Å². The molecule has 0 fully saturated rings. The van der Waals surface area contributed by atoms with Gasteiger partial charge in [0.1, 0.15) is 11.6 Å². The first kappa shape index (κ1) is 15.8. The van der Waals surface area contributed by atoms with Crippen molar-refractivity contribution in [3.63, 3.8) is 0 Å². The maximum Gasteiger partial charge on any atom is 0.296 e. The molecule has 0 saturated heterocycles. The molecular weight excluding hydrogens is 324 g/mol. The average Bonchev–Trinajstić information content (AvgIpc) is 2.79. The van der Waals surface area contributed by atoms with E-state index in [2.05, 4.69) is 10.2 Å². The lowest BCUT2D eigenvalue weighted by Crippen LogP contribution is -2.11. The van der Waals surface area contributed by atoms with Crippen LogP contribution in [0.15, 0.2) is 17.3 Å². The second kappa shape index (κ2) is 5.34. The number of hydrogen-bond acceptors (Lipinski definition) is 4. The van der Waals surface area contributed by atoms with Gasteiger partial charge in [-0.15, -0.1) is 10.2 Å². The summed E-state index contributed by atoms with van der Waals surface area (Å²) < 4.78 is 52.2. The first-order chi connectivity index (χ1) is 9.64. The van der Waals surface area contributed by atoms with Crippen LogP contribution in [0.1, 0.15) is 25.5 Å². The van der Waals surface area contributed by atoms with Gasteiger partial charge >= 0.3 is 0 Å². The number of halogens is 3. The number of benzene rings is 1. The summed E-state index contributed by atoms with van der Waals surface area (Å²) in [7, 11) is 1.10. The number of rotatable bonds is 3. The van der Waals surface area contributed by atoms with E-state index in [9.17, 15) is 17.2 Å². The maximum atomic E-state index is 14.2. The second-order valence-corrected chi connectivity index (χ2v) is 7.22. The molecule has 0 amide bonds. The lowest BCUT2D eigenvalue weighted by Gasteiger charge is -2.14. The molecule has 0 radical (unpaired) electrons. The Labute approximate surface area is 125 Å². The molecule has 0 N–H and O–H groups in total. The van der Waals surface area contributed by atoms with Gasteiger partial charge in [0.05, 0.1) is 5.56 Å². The van der Waals surface area contributed by atoms with Gasteiger partial charge in [-0.05, 0) is 32.4 Å². The van der Waals surface area contributed by atoms with Crippen molar-refractivity contribution in [3.8, 4) is 11.4 Å². The van der Waals surface area contributed by atoms with Crippen molar-refractivity contribution in [1.82, 2.24) is 14.8 Å². The lowest BCUT2D eigenvalue weighted by atomic mass is 10.1. The van der Waals surface area contributed by atoms with E-state index in [0.717, 1.165) is 10.6 Å². The normalized spacial score (nSPS) is 12.1. The fraction of sp³-hybridized carbons (Fsp3) is 0.333. The summed E-state index contributed by atoms with van der Waals surface area (Å²) in [4.78, 5) is 0. The molecule has 1 heterocycles. The van der Waals surface area contributed by atoms with Crippen LogP contribution >= 0.6 is 10.7 Å². The van der Waals surface area contributed by atoms with Crippen LogP contribution in [0.25, 0.3) is 11.4 Å². The highest BCUT2D eigenvalue weighted by Gasteiger charge is 2.28.